The molecule has 4 nitrogen and oxygen atoms in total. The zero-order chi connectivity index (χ0) is 9.97. The third kappa shape index (κ3) is 1.95. The Morgan fingerprint density at radius 2 is 2.21 bits per heavy atom. The van der Waals surface area contributed by atoms with Crippen molar-refractivity contribution in [2.75, 3.05) is 17.2 Å². The molecule has 0 bridgehead atoms. The summed E-state index contributed by atoms with van der Waals surface area (Å²) in [7, 11) is 0. The predicted octanol–water partition coefficient (Wildman–Crippen LogP) is 1.44. The molecule has 1 fully saturated rings. The van der Waals surface area contributed by atoms with E-state index in [0.717, 1.165) is 18.8 Å². The highest BCUT2D eigenvalue weighted by atomic mass is 15.2. The van der Waals surface area contributed by atoms with Gasteiger partial charge in [-0.2, -0.15) is 0 Å². The highest BCUT2D eigenvalue weighted by Gasteiger charge is 2.29. The molecule has 76 valence electrons. The number of anilines is 2. The van der Waals surface area contributed by atoms with E-state index >= 15 is 0 Å². The molecular weight excluding hydrogens is 176 g/mol. The second kappa shape index (κ2) is 3.82. The average Bonchev–Trinajstić information content (AvgIpc) is 2.99. The molecule has 2 N–H and O–H groups in total. The Morgan fingerprint density at radius 3 is 2.71 bits per heavy atom. The van der Waals surface area contributed by atoms with Gasteiger partial charge in [0.2, 0.25) is 0 Å². The molecule has 0 atom stereocenters. The van der Waals surface area contributed by atoms with Gasteiger partial charge in [0.15, 0.2) is 0 Å². The molecule has 0 unspecified atom stereocenters. The minimum atomic E-state index is 0.487. The summed E-state index contributed by atoms with van der Waals surface area (Å²) in [5, 5.41) is 0. The normalized spacial score (nSPS) is 15.5. The van der Waals surface area contributed by atoms with E-state index in [1.54, 1.807) is 12.4 Å². The van der Waals surface area contributed by atoms with Crippen LogP contribution in [0.2, 0.25) is 0 Å². The van der Waals surface area contributed by atoms with Gasteiger partial charge in [-0.25, -0.2) is 9.97 Å². The summed E-state index contributed by atoms with van der Waals surface area (Å²) >= 11 is 0. The number of nitrogen functional groups attached to an aromatic ring is 1. The van der Waals surface area contributed by atoms with E-state index in [0.29, 0.717) is 11.9 Å². The first-order chi connectivity index (χ1) is 6.81. The van der Waals surface area contributed by atoms with E-state index in [9.17, 15) is 0 Å². The van der Waals surface area contributed by atoms with Crippen LogP contribution >= 0.6 is 0 Å². The molecular formula is C10H16N4. The third-order valence-electron chi connectivity index (χ3n) is 2.40. The lowest BCUT2D eigenvalue weighted by molar-refractivity contribution is 0.748. The van der Waals surface area contributed by atoms with Crippen LogP contribution in [0.3, 0.4) is 0 Å². The first-order valence-corrected chi connectivity index (χ1v) is 5.15. The smallest absolute Gasteiger partial charge is 0.147 e. The first-order valence-electron chi connectivity index (χ1n) is 5.15. The van der Waals surface area contributed by atoms with Crippen molar-refractivity contribution in [2.24, 2.45) is 0 Å². The Morgan fingerprint density at radius 1 is 1.43 bits per heavy atom. The number of hydrogen-bond acceptors (Lipinski definition) is 4. The first kappa shape index (κ1) is 9.24. The van der Waals surface area contributed by atoms with Gasteiger partial charge in [-0.05, 0) is 19.3 Å². The van der Waals surface area contributed by atoms with E-state index in [2.05, 4.69) is 21.8 Å². The molecule has 1 aromatic heterocycles. The van der Waals surface area contributed by atoms with Gasteiger partial charge >= 0.3 is 0 Å². The van der Waals surface area contributed by atoms with Crippen LogP contribution in [-0.4, -0.2) is 22.6 Å². The van der Waals surface area contributed by atoms with Crippen molar-refractivity contribution >= 4 is 11.6 Å². The molecule has 0 spiro atoms. The average molecular weight is 192 g/mol. The summed E-state index contributed by atoms with van der Waals surface area (Å²) < 4.78 is 0. The van der Waals surface area contributed by atoms with Crippen molar-refractivity contribution in [3.05, 3.63) is 12.4 Å². The van der Waals surface area contributed by atoms with Crippen molar-refractivity contribution in [1.29, 1.82) is 0 Å². The molecule has 14 heavy (non-hydrogen) atoms. The summed E-state index contributed by atoms with van der Waals surface area (Å²) in [5.74, 6) is 1.45. The van der Waals surface area contributed by atoms with Crippen LogP contribution in [-0.2, 0) is 0 Å². The number of hydrogen-bond donors (Lipinski definition) is 1. The maximum absolute atomic E-state index is 5.50. The van der Waals surface area contributed by atoms with Gasteiger partial charge in [0, 0.05) is 12.6 Å². The van der Waals surface area contributed by atoms with Crippen LogP contribution in [0, 0.1) is 0 Å². The van der Waals surface area contributed by atoms with Crippen molar-refractivity contribution in [2.45, 2.75) is 32.2 Å². The van der Waals surface area contributed by atoms with Crippen LogP contribution in [0.4, 0.5) is 11.6 Å². The molecule has 2 rings (SSSR count). The lowest BCUT2D eigenvalue weighted by Crippen LogP contribution is -2.27. The van der Waals surface area contributed by atoms with Gasteiger partial charge < -0.3 is 10.6 Å². The molecule has 1 saturated carbocycles. The van der Waals surface area contributed by atoms with Gasteiger partial charge in [-0.3, -0.25) is 0 Å². The highest BCUT2D eigenvalue weighted by molar-refractivity contribution is 5.41. The van der Waals surface area contributed by atoms with E-state index in [4.69, 9.17) is 5.73 Å². The fraction of sp³-hybridized carbons (Fsp3) is 0.600. The monoisotopic (exact) mass is 192 g/mol. The van der Waals surface area contributed by atoms with Crippen LogP contribution in [0.25, 0.3) is 0 Å². The molecule has 4 heteroatoms. The quantitative estimate of drug-likeness (QED) is 0.784. The maximum Gasteiger partial charge on any atom is 0.147 e. The fourth-order valence-corrected chi connectivity index (χ4v) is 1.59. The van der Waals surface area contributed by atoms with E-state index in [-0.39, 0.29) is 0 Å². The van der Waals surface area contributed by atoms with Gasteiger partial charge in [-0.1, -0.05) is 6.92 Å². The molecule has 1 aliphatic rings. The molecule has 1 aromatic rings. The predicted molar refractivity (Wildman–Crippen MR) is 57.1 cm³/mol. The Hall–Kier alpha value is -1.32. The fourth-order valence-electron chi connectivity index (χ4n) is 1.59. The summed E-state index contributed by atoms with van der Waals surface area (Å²) in [6.45, 7) is 3.24. The lowest BCUT2D eigenvalue weighted by Gasteiger charge is -2.22. The number of nitrogens with two attached hydrogens (primary N) is 1. The number of aromatic nitrogens is 2. The minimum absolute atomic E-state index is 0.487. The molecule has 0 radical (unpaired) electrons. The van der Waals surface area contributed by atoms with Crippen molar-refractivity contribution in [3.8, 4) is 0 Å². The molecule has 0 saturated heterocycles. The summed E-state index contributed by atoms with van der Waals surface area (Å²) in [5.41, 5.74) is 5.50. The Kier molecular flexibility index (Phi) is 2.52. The molecule has 0 aromatic carbocycles. The van der Waals surface area contributed by atoms with Crippen LogP contribution in [0.1, 0.15) is 26.2 Å². The molecule has 1 heterocycles. The molecule has 0 amide bonds. The number of nitrogens with zero attached hydrogens (tertiary/aromatic N) is 3. The van der Waals surface area contributed by atoms with Crippen LogP contribution in [0.5, 0.6) is 0 Å². The van der Waals surface area contributed by atoms with Crippen molar-refractivity contribution < 1.29 is 0 Å². The van der Waals surface area contributed by atoms with E-state index in [1.807, 2.05) is 0 Å². The number of rotatable bonds is 4. The minimum Gasteiger partial charge on any atom is -0.382 e. The Labute approximate surface area is 84.2 Å². The van der Waals surface area contributed by atoms with Gasteiger partial charge in [0.05, 0.1) is 12.4 Å². The topological polar surface area (TPSA) is 55.0 Å². The van der Waals surface area contributed by atoms with Crippen LogP contribution < -0.4 is 10.6 Å². The standard InChI is InChI=1S/C10H16N4/c1-2-5-14(8-3-4-8)10-7-12-9(11)6-13-10/h6-8H,2-5H2,1H3,(H2,11,12). The Bertz CT molecular complexity index is 291. The second-order valence-electron chi connectivity index (χ2n) is 3.72. The molecule has 1 aliphatic carbocycles. The third-order valence-corrected chi connectivity index (χ3v) is 2.40. The van der Waals surface area contributed by atoms with Crippen molar-refractivity contribution in [3.63, 3.8) is 0 Å². The SMILES string of the molecule is CCCN(c1cnc(N)cn1)C1CC1. The Balaban J connectivity index is 2.13. The zero-order valence-electron chi connectivity index (χ0n) is 8.48. The maximum atomic E-state index is 5.50. The van der Waals surface area contributed by atoms with Crippen LogP contribution in [0.15, 0.2) is 12.4 Å². The summed E-state index contributed by atoms with van der Waals surface area (Å²) in [4.78, 5) is 10.7. The van der Waals surface area contributed by atoms with E-state index < -0.39 is 0 Å². The largest absolute Gasteiger partial charge is 0.382 e. The summed E-state index contributed by atoms with van der Waals surface area (Å²) in [6.07, 6.45) is 7.10. The molecule has 0 aliphatic heterocycles. The van der Waals surface area contributed by atoms with Gasteiger partial charge in [0.25, 0.3) is 0 Å². The highest BCUT2D eigenvalue weighted by Crippen LogP contribution is 2.30. The lowest BCUT2D eigenvalue weighted by atomic mass is 10.4. The van der Waals surface area contributed by atoms with Crippen molar-refractivity contribution in [1.82, 2.24) is 9.97 Å². The summed E-state index contributed by atoms with van der Waals surface area (Å²) in [6, 6.07) is 0.688. The second-order valence-corrected chi connectivity index (χ2v) is 3.72. The zero-order valence-corrected chi connectivity index (χ0v) is 8.48. The van der Waals surface area contributed by atoms with E-state index in [1.165, 1.54) is 12.8 Å². The van der Waals surface area contributed by atoms with Gasteiger partial charge in [0.1, 0.15) is 11.6 Å². The van der Waals surface area contributed by atoms with Gasteiger partial charge in [-0.15, -0.1) is 0 Å².